The number of nitrogens with one attached hydrogen (secondary N) is 1. The minimum Gasteiger partial charge on any atom is -0.450 e. The Hall–Kier alpha value is -2.17. The van der Waals surface area contributed by atoms with Crippen LogP contribution in [0.15, 0.2) is 58.3 Å². The summed E-state index contributed by atoms with van der Waals surface area (Å²) in [5.41, 5.74) is 6.85. The van der Waals surface area contributed by atoms with Crippen LogP contribution in [-0.2, 0) is 4.74 Å². The first-order valence-corrected chi connectivity index (χ1v) is 10.3. The number of likely N-dealkylation sites (tertiary alicyclic amines) is 1. The van der Waals surface area contributed by atoms with E-state index in [-0.39, 0.29) is 6.09 Å². The molecule has 1 fully saturated rings. The summed E-state index contributed by atoms with van der Waals surface area (Å²) in [5, 5.41) is 4.95. The van der Waals surface area contributed by atoms with Crippen molar-refractivity contribution in [2.24, 2.45) is 0 Å². The van der Waals surface area contributed by atoms with Crippen LogP contribution in [-0.4, -0.2) is 30.7 Å². The zero-order valence-corrected chi connectivity index (χ0v) is 17.2. The summed E-state index contributed by atoms with van der Waals surface area (Å²) >= 11 is 12.8. The Morgan fingerprint density at radius 1 is 1.21 bits per heavy atom. The second-order valence-electron chi connectivity index (χ2n) is 6.97. The van der Waals surface area contributed by atoms with Crippen LogP contribution in [0.5, 0.6) is 0 Å². The number of halogens is 2. The number of rotatable bonds is 1. The largest absolute Gasteiger partial charge is 0.450 e. The number of piperidine rings is 1. The molecule has 2 heterocycles. The summed E-state index contributed by atoms with van der Waals surface area (Å²) in [4.78, 5) is 13.8. The van der Waals surface area contributed by atoms with Crippen LogP contribution in [0.25, 0.3) is 5.57 Å². The molecule has 0 spiro atoms. The van der Waals surface area contributed by atoms with Gasteiger partial charge in [0.1, 0.15) is 0 Å². The van der Waals surface area contributed by atoms with E-state index in [1.54, 1.807) is 4.90 Å². The molecule has 146 valence electrons. The number of fused-ring (bicyclic) bond motifs is 1. The summed E-state index contributed by atoms with van der Waals surface area (Å²) < 4.78 is 5.15. The highest BCUT2D eigenvalue weighted by molar-refractivity contribution is 6.34. The van der Waals surface area contributed by atoms with E-state index in [2.05, 4.69) is 17.5 Å². The van der Waals surface area contributed by atoms with E-state index in [1.807, 2.05) is 31.2 Å². The van der Waals surface area contributed by atoms with Gasteiger partial charge in [0.05, 0.1) is 17.3 Å². The molecule has 2 aliphatic heterocycles. The van der Waals surface area contributed by atoms with Crippen LogP contribution in [0.4, 0.5) is 10.5 Å². The van der Waals surface area contributed by atoms with E-state index in [4.69, 9.17) is 27.9 Å². The van der Waals surface area contributed by atoms with Crippen LogP contribution in [0.3, 0.4) is 0 Å². The molecule has 6 heteroatoms. The Morgan fingerprint density at radius 3 is 2.75 bits per heavy atom. The summed E-state index contributed by atoms with van der Waals surface area (Å²) in [6.45, 7) is 3.55. The van der Waals surface area contributed by atoms with Gasteiger partial charge in [-0.3, -0.25) is 0 Å². The van der Waals surface area contributed by atoms with Crippen molar-refractivity contribution in [2.75, 3.05) is 25.0 Å². The summed E-state index contributed by atoms with van der Waals surface area (Å²) in [5.74, 6) is 0. The van der Waals surface area contributed by atoms with Gasteiger partial charge in [-0.25, -0.2) is 4.79 Å². The molecule has 3 aliphatic rings. The number of amides is 1. The van der Waals surface area contributed by atoms with Gasteiger partial charge in [0.15, 0.2) is 0 Å². The molecule has 1 aromatic carbocycles. The van der Waals surface area contributed by atoms with Crippen LogP contribution in [0, 0.1) is 0 Å². The molecule has 0 radical (unpaired) electrons. The number of anilines is 1. The number of benzene rings is 1. The summed E-state index contributed by atoms with van der Waals surface area (Å²) in [6, 6.07) is 5.99. The molecule has 4 rings (SSSR count). The monoisotopic (exact) mass is 416 g/mol. The number of carbonyl (C=O) groups excluding carboxylic acids is 1. The van der Waals surface area contributed by atoms with E-state index in [0.29, 0.717) is 24.7 Å². The normalized spacial score (nSPS) is 18.8. The minimum atomic E-state index is -0.231. The molecular weight excluding hydrogens is 395 g/mol. The Morgan fingerprint density at radius 2 is 2.00 bits per heavy atom. The Labute approximate surface area is 175 Å². The first-order chi connectivity index (χ1) is 13.6. The second-order valence-corrected chi connectivity index (χ2v) is 7.81. The molecule has 0 atom stereocenters. The molecule has 1 aromatic rings. The lowest BCUT2D eigenvalue weighted by atomic mass is 9.84. The maximum Gasteiger partial charge on any atom is 0.409 e. The van der Waals surface area contributed by atoms with Crippen LogP contribution in [0.2, 0.25) is 5.02 Å². The standard InChI is InChI=1S/C22H22Cl2N2O2/c1-2-28-22(27)26-12-10-14(11-13-26)20-16-8-6-15(23)7-9-19(16)25-21-17(20)4-3-5-18(21)24/h3-8,25H,2,9-13H2,1H3. The van der Waals surface area contributed by atoms with E-state index < -0.39 is 0 Å². The summed E-state index contributed by atoms with van der Waals surface area (Å²) in [7, 11) is 0. The van der Waals surface area contributed by atoms with E-state index in [0.717, 1.165) is 46.8 Å². The SMILES string of the molecule is CCOC(=O)N1CCC(=C2C3=C(CC=C(Cl)C=C3)Nc3c(Cl)cccc32)CC1. The van der Waals surface area contributed by atoms with Gasteiger partial charge in [-0.1, -0.05) is 53.1 Å². The molecule has 1 amide bonds. The summed E-state index contributed by atoms with van der Waals surface area (Å²) in [6.07, 6.45) is 8.13. The fraction of sp³-hybridized carbons (Fsp3) is 0.318. The van der Waals surface area contributed by atoms with Gasteiger partial charge in [0.25, 0.3) is 0 Å². The predicted molar refractivity (Wildman–Crippen MR) is 115 cm³/mol. The van der Waals surface area contributed by atoms with Gasteiger partial charge >= 0.3 is 6.09 Å². The van der Waals surface area contributed by atoms with Crippen molar-refractivity contribution in [3.63, 3.8) is 0 Å². The Kier molecular flexibility index (Phi) is 5.51. The highest BCUT2D eigenvalue weighted by Crippen LogP contribution is 2.45. The van der Waals surface area contributed by atoms with Crippen molar-refractivity contribution >= 4 is 40.6 Å². The van der Waals surface area contributed by atoms with Crippen molar-refractivity contribution in [3.05, 3.63) is 68.9 Å². The zero-order valence-electron chi connectivity index (χ0n) is 15.7. The molecular formula is C22H22Cl2N2O2. The Bertz CT molecular complexity index is 934. The molecule has 0 unspecified atom stereocenters. The maximum absolute atomic E-state index is 12.1. The average Bonchev–Trinajstić information content (AvgIpc) is 2.89. The molecule has 28 heavy (non-hydrogen) atoms. The van der Waals surface area contributed by atoms with Crippen LogP contribution >= 0.6 is 23.2 Å². The third-order valence-electron chi connectivity index (χ3n) is 5.31. The van der Waals surface area contributed by atoms with Crippen molar-refractivity contribution < 1.29 is 9.53 Å². The van der Waals surface area contributed by atoms with Gasteiger partial charge in [-0.2, -0.15) is 0 Å². The molecule has 1 N–H and O–H groups in total. The van der Waals surface area contributed by atoms with E-state index in [9.17, 15) is 4.79 Å². The van der Waals surface area contributed by atoms with Crippen molar-refractivity contribution in [1.82, 2.24) is 4.90 Å². The van der Waals surface area contributed by atoms with Gasteiger partial charge in [-0.05, 0) is 37.5 Å². The van der Waals surface area contributed by atoms with Crippen molar-refractivity contribution in [1.29, 1.82) is 0 Å². The smallest absolute Gasteiger partial charge is 0.409 e. The van der Waals surface area contributed by atoms with Gasteiger partial charge in [0, 0.05) is 41.4 Å². The number of allylic oxidation sites excluding steroid dienone is 6. The second kappa shape index (κ2) is 8.06. The van der Waals surface area contributed by atoms with Crippen LogP contribution in [0.1, 0.15) is 31.7 Å². The first-order valence-electron chi connectivity index (χ1n) is 9.55. The van der Waals surface area contributed by atoms with E-state index >= 15 is 0 Å². The lowest BCUT2D eigenvalue weighted by Gasteiger charge is -2.32. The minimum absolute atomic E-state index is 0.231. The predicted octanol–water partition coefficient (Wildman–Crippen LogP) is 6.11. The average molecular weight is 417 g/mol. The Balaban J connectivity index is 1.75. The van der Waals surface area contributed by atoms with Gasteiger partial charge in [0.2, 0.25) is 0 Å². The molecule has 4 nitrogen and oxygen atoms in total. The maximum atomic E-state index is 12.1. The third kappa shape index (κ3) is 3.59. The number of carbonyl (C=O) groups is 1. The number of nitrogens with zero attached hydrogens (tertiary/aromatic N) is 1. The number of para-hydroxylation sites is 1. The van der Waals surface area contributed by atoms with E-state index in [1.165, 1.54) is 11.1 Å². The van der Waals surface area contributed by atoms with Gasteiger partial charge in [-0.15, -0.1) is 0 Å². The number of ether oxygens (including phenoxy) is 1. The molecule has 0 bridgehead atoms. The fourth-order valence-electron chi connectivity index (χ4n) is 3.95. The molecule has 1 saturated heterocycles. The first kappa shape index (κ1) is 19.2. The number of hydrogen-bond donors (Lipinski definition) is 1. The lowest BCUT2D eigenvalue weighted by molar-refractivity contribution is 0.104. The quantitative estimate of drug-likeness (QED) is 0.600. The highest BCUT2D eigenvalue weighted by Gasteiger charge is 2.28. The van der Waals surface area contributed by atoms with Gasteiger partial charge < -0.3 is 15.0 Å². The lowest BCUT2D eigenvalue weighted by Crippen LogP contribution is -2.37. The topological polar surface area (TPSA) is 41.6 Å². The highest BCUT2D eigenvalue weighted by atomic mass is 35.5. The molecule has 0 aromatic heterocycles. The number of hydrogen-bond acceptors (Lipinski definition) is 3. The van der Waals surface area contributed by atoms with Crippen LogP contribution < -0.4 is 5.32 Å². The van der Waals surface area contributed by atoms with Crippen molar-refractivity contribution in [2.45, 2.75) is 26.2 Å². The third-order valence-corrected chi connectivity index (χ3v) is 5.91. The zero-order chi connectivity index (χ0) is 19.7. The fourth-order valence-corrected chi connectivity index (χ4v) is 4.32. The molecule has 0 saturated carbocycles. The van der Waals surface area contributed by atoms with Crippen molar-refractivity contribution in [3.8, 4) is 0 Å². The molecule has 1 aliphatic carbocycles.